The smallest absolute Gasteiger partial charge is 0.0500 e. The number of fused-ring (bicyclic) bond motifs is 1. The highest BCUT2D eigenvalue weighted by Crippen LogP contribution is 2.33. The van der Waals surface area contributed by atoms with Crippen LogP contribution in [0.4, 0.5) is 0 Å². The summed E-state index contributed by atoms with van der Waals surface area (Å²) in [5, 5.41) is 12.4. The van der Waals surface area contributed by atoms with Crippen LogP contribution in [0.3, 0.4) is 0 Å². The molecule has 1 aliphatic heterocycles. The molecule has 0 spiro atoms. The minimum Gasteiger partial charge on any atom is -0.758 e. The quantitative estimate of drug-likeness (QED) is 0.589. The van der Waals surface area contributed by atoms with E-state index in [-0.39, 0.29) is 0 Å². The van der Waals surface area contributed by atoms with Gasteiger partial charge in [-0.1, -0.05) is 6.08 Å². The molecule has 3 heteroatoms. The molecule has 0 amide bonds. The Bertz CT molecular complexity index is 245. The molecule has 0 radical (unpaired) electrons. The van der Waals surface area contributed by atoms with Crippen molar-refractivity contribution in [2.45, 2.75) is 19.3 Å². The molecule has 1 aliphatic carbocycles. The van der Waals surface area contributed by atoms with Gasteiger partial charge in [0, 0.05) is 18.2 Å². The van der Waals surface area contributed by atoms with Crippen molar-refractivity contribution in [2.75, 3.05) is 6.54 Å². The van der Waals surface area contributed by atoms with Crippen molar-refractivity contribution < 1.29 is 0 Å². The molecule has 0 saturated carbocycles. The van der Waals surface area contributed by atoms with E-state index in [1.54, 1.807) is 0 Å². The van der Waals surface area contributed by atoms with Crippen LogP contribution in [0.5, 0.6) is 0 Å². The number of nitrogens with zero attached hydrogens (tertiary/aromatic N) is 1. The molecule has 2 N–H and O–H groups in total. The van der Waals surface area contributed by atoms with Crippen molar-refractivity contribution in [1.29, 1.82) is 0 Å². The van der Waals surface area contributed by atoms with Crippen molar-refractivity contribution in [2.24, 2.45) is 11.7 Å². The maximum Gasteiger partial charge on any atom is 0.0500 e. The first kappa shape index (κ1) is 7.68. The van der Waals surface area contributed by atoms with E-state index < -0.39 is 0 Å². The fraction of sp³-hybridized carbons (Fsp3) is 0.556. The van der Waals surface area contributed by atoms with E-state index in [0.29, 0.717) is 18.2 Å². The largest absolute Gasteiger partial charge is 0.758 e. The Balaban J connectivity index is 2.31. The zero-order valence-corrected chi connectivity index (χ0v) is 6.99. The normalized spacial score (nSPS) is 29.1. The van der Waals surface area contributed by atoms with E-state index in [0.717, 1.165) is 30.0 Å². The number of hydroxylamine groups is 2. The summed E-state index contributed by atoms with van der Waals surface area (Å²) < 4.78 is 0. The Morgan fingerprint density at radius 3 is 3.17 bits per heavy atom. The van der Waals surface area contributed by atoms with E-state index in [2.05, 4.69) is 6.08 Å². The molecule has 2 aliphatic rings. The highest BCUT2D eigenvalue weighted by atomic mass is 16.5. The van der Waals surface area contributed by atoms with E-state index in [1.165, 1.54) is 0 Å². The molecule has 1 heterocycles. The molecule has 1 unspecified atom stereocenters. The highest BCUT2D eigenvalue weighted by molar-refractivity contribution is 5.29. The van der Waals surface area contributed by atoms with Gasteiger partial charge in [-0.25, -0.2) is 0 Å². The van der Waals surface area contributed by atoms with Crippen LogP contribution in [0.2, 0.25) is 0 Å². The number of rotatable bonds is 0. The molecule has 1 saturated heterocycles. The summed E-state index contributed by atoms with van der Waals surface area (Å²) in [5.74, 6) is 0.390. The van der Waals surface area contributed by atoms with Crippen LogP contribution in [0.15, 0.2) is 23.5 Å². The molecule has 1 fully saturated rings. The Kier molecular flexibility index (Phi) is 1.81. The molecule has 0 aromatic carbocycles. The van der Waals surface area contributed by atoms with Crippen LogP contribution >= 0.6 is 0 Å². The van der Waals surface area contributed by atoms with Crippen LogP contribution < -0.4 is 5.73 Å². The van der Waals surface area contributed by atoms with Crippen molar-refractivity contribution in [3.8, 4) is 0 Å². The van der Waals surface area contributed by atoms with Gasteiger partial charge >= 0.3 is 0 Å². The van der Waals surface area contributed by atoms with Gasteiger partial charge in [-0.05, 0) is 25.3 Å². The number of hydrogen-bond acceptors (Lipinski definition) is 3. The summed E-state index contributed by atoms with van der Waals surface area (Å²) in [6.45, 7) is 0.611. The Morgan fingerprint density at radius 1 is 1.58 bits per heavy atom. The number of nitrogens with two attached hydrogens (primary N) is 1. The van der Waals surface area contributed by atoms with Gasteiger partial charge < -0.3 is 16.0 Å². The van der Waals surface area contributed by atoms with Gasteiger partial charge in [0.1, 0.15) is 0 Å². The second-order valence-electron chi connectivity index (χ2n) is 3.42. The van der Waals surface area contributed by atoms with Crippen LogP contribution in [0.1, 0.15) is 19.3 Å². The van der Waals surface area contributed by atoms with Crippen LogP contribution in [0, 0.1) is 11.1 Å². The maximum absolute atomic E-state index is 11.4. The molecule has 0 aromatic heterocycles. The summed E-state index contributed by atoms with van der Waals surface area (Å²) in [5.41, 5.74) is 7.22. The lowest BCUT2D eigenvalue weighted by Gasteiger charge is -2.43. The summed E-state index contributed by atoms with van der Waals surface area (Å²) in [7, 11) is 0. The van der Waals surface area contributed by atoms with Crippen molar-refractivity contribution in [1.82, 2.24) is 5.06 Å². The summed E-state index contributed by atoms with van der Waals surface area (Å²) in [6, 6.07) is 0. The van der Waals surface area contributed by atoms with Gasteiger partial charge in [0.25, 0.3) is 0 Å². The Hall–Kier alpha value is -0.960. The third-order valence-electron chi connectivity index (χ3n) is 2.58. The third kappa shape index (κ3) is 1.10. The number of allylic oxidation sites excluding steroid dienone is 3. The number of piperidine rings is 1. The highest BCUT2D eigenvalue weighted by Gasteiger charge is 2.23. The molecule has 0 bridgehead atoms. The van der Waals surface area contributed by atoms with Crippen molar-refractivity contribution in [3.05, 3.63) is 28.8 Å². The maximum atomic E-state index is 11.4. The standard InChI is InChI=1S/C9H13N2O/c10-8-5-1-3-7-4-2-6-11(12)9(7)8/h1,5,7H,2-4,6,10H2/q-1. The van der Waals surface area contributed by atoms with Gasteiger partial charge in [-0.15, -0.1) is 0 Å². The molecule has 3 nitrogen and oxygen atoms in total. The average molecular weight is 165 g/mol. The fourth-order valence-electron chi connectivity index (χ4n) is 2.00. The molecule has 12 heavy (non-hydrogen) atoms. The lowest BCUT2D eigenvalue weighted by atomic mass is 9.88. The average Bonchev–Trinajstić information content (AvgIpc) is 2.04. The van der Waals surface area contributed by atoms with E-state index in [9.17, 15) is 5.21 Å². The monoisotopic (exact) mass is 165 g/mol. The molecular formula is C9H13N2O-. The number of hydrogen-bond donors (Lipinski definition) is 1. The minimum atomic E-state index is 0.390. The van der Waals surface area contributed by atoms with Crippen molar-refractivity contribution >= 4 is 0 Å². The predicted molar refractivity (Wildman–Crippen MR) is 47.8 cm³/mol. The van der Waals surface area contributed by atoms with Crippen LogP contribution in [-0.4, -0.2) is 11.6 Å². The second-order valence-corrected chi connectivity index (χ2v) is 3.42. The lowest BCUT2D eigenvalue weighted by Crippen LogP contribution is -2.32. The summed E-state index contributed by atoms with van der Waals surface area (Å²) in [4.78, 5) is 0. The Morgan fingerprint density at radius 2 is 2.42 bits per heavy atom. The first-order valence-electron chi connectivity index (χ1n) is 4.40. The molecular weight excluding hydrogens is 152 g/mol. The third-order valence-corrected chi connectivity index (χ3v) is 2.58. The lowest BCUT2D eigenvalue weighted by molar-refractivity contribution is 0.302. The van der Waals surface area contributed by atoms with Gasteiger partial charge in [0.05, 0.1) is 5.70 Å². The van der Waals surface area contributed by atoms with Gasteiger partial charge in [0.15, 0.2) is 0 Å². The van der Waals surface area contributed by atoms with E-state index in [1.807, 2.05) is 6.08 Å². The zero-order valence-electron chi connectivity index (χ0n) is 6.99. The van der Waals surface area contributed by atoms with Gasteiger partial charge in [0.2, 0.25) is 0 Å². The van der Waals surface area contributed by atoms with Gasteiger partial charge in [-0.3, -0.25) is 0 Å². The summed E-state index contributed by atoms with van der Waals surface area (Å²) in [6.07, 6.45) is 7.00. The molecule has 2 rings (SSSR count). The molecule has 0 aromatic rings. The van der Waals surface area contributed by atoms with Crippen LogP contribution in [0.25, 0.3) is 0 Å². The van der Waals surface area contributed by atoms with Crippen LogP contribution in [-0.2, 0) is 0 Å². The first-order chi connectivity index (χ1) is 5.79. The predicted octanol–water partition coefficient (Wildman–Crippen LogP) is 1.33. The molecule has 1 atom stereocenters. The van der Waals surface area contributed by atoms with Crippen molar-refractivity contribution in [3.63, 3.8) is 0 Å². The van der Waals surface area contributed by atoms with Gasteiger partial charge in [-0.2, -0.15) is 0 Å². The zero-order chi connectivity index (χ0) is 8.55. The SMILES string of the molecule is NC1=C2C(CC=C1)CCCN2[O-]. The van der Waals surface area contributed by atoms with E-state index >= 15 is 0 Å². The van der Waals surface area contributed by atoms with E-state index in [4.69, 9.17) is 5.73 Å². The minimum absolute atomic E-state index is 0.390. The fourth-order valence-corrected chi connectivity index (χ4v) is 2.00. The first-order valence-corrected chi connectivity index (χ1v) is 4.40. The topological polar surface area (TPSA) is 52.3 Å². The molecule has 66 valence electrons. The second kappa shape index (κ2) is 2.83. The summed E-state index contributed by atoms with van der Waals surface area (Å²) >= 11 is 0. The Labute approximate surface area is 72.1 Å².